The third kappa shape index (κ3) is 8.55. The van der Waals surface area contributed by atoms with Crippen molar-refractivity contribution in [2.24, 2.45) is 17.8 Å². The van der Waals surface area contributed by atoms with Crippen LogP contribution >= 0.6 is 0 Å². The van der Waals surface area contributed by atoms with Crippen LogP contribution in [0.25, 0.3) is 11.3 Å². The molecular weight excluding hydrogens is 518 g/mol. The van der Waals surface area contributed by atoms with Gasteiger partial charge < -0.3 is 25.4 Å². The molecule has 1 aromatic heterocycles. The highest BCUT2D eigenvalue weighted by molar-refractivity contribution is 5.89. The van der Waals surface area contributed by atoms with Crippen LogP contribution in [-0.4, -0.2) is 70.0 Å². The molecule has 3 atom stereocenters. The number of aliphatic hydroxyl groups excluding tert-OH is 1. The molecule has 0 aliphatic carbocycles. The summed E-state index contributed by atoms with van der Waals surface area (Å²) in [7, 11) is 0. The van der Waals surface area contributed by atoms with Crippen LogP contribution in [0.4, 0.5) is 0 Å². The number of aliphatic hydroxyl groups is 1. The second-order valence-corrected chi connectivity index (χ2v) is 11.3. The number of likely N-dealkylation sites (tertiary alicyclic amines) is 1. The quantitative estimate of drug-likeness (QED) is 0.374. The molecule has 3 unspecified atom stereocenters. The van der Waals surface area contributed by atoms with Crippen molar-refractivity contribution < 1.29 is 19.4 Å². The fourth-order valence-corrected chi connectivity index (χ4v) is 5.48. The predicted octanol–water partition coefficient (Wildman–Crippen LogP) is 4.23. The lowest BCUT2D eigenvalue weighted by Crippen LogP contribution is -2.48. The molecule has 2 fully saturated rings. The maximum atomic E-state index is 13.3. The van der Waals surface area contributed by atoms with Gasteiger partial charge in [-0.3, -0.25) is 14.3 Å². The number of hydrogen-bond donors (Lipinski definition) is 3. The maximum absolute atomic E-state index is 13.3. The summed E-state index contributed by atoms with van der Waals surface area (Å²) in [6.45, 7) is 15.9. The number of carbonyl (C=O) groups excluding carboxylic acids is 2. The minimum atomic E-state index is -0.694. The molecule has 0 radical (unpaired) electrons. The molecule has 3 heterocycles. The summed E-state index contributed by atoms with van der Waals surface area (Å²) in [5.74, 6) is 1.02. The lowest BCUT2D eigenvalue weighted by atomic mass is 9.95. The standard InChI is InChI=1S/C30H45N5O4.C2H6/c1-5-35-26(10-14-33-35)23-6-7-24(28(16-23)39-15-11-22-8-12-31-13-9-22)18-32-29(37)27-17-25(36)19-34(27)30(38)21(4)20(2)3;1-2/h6-7,10,14,16,20-22,25,27,31,36H,5,8-9,11-13,15,17-19H2,1-4H3,(H,32,37);1-2H3. The van der Waals surface area contributed by atoms with Crippen molar-refractivity contribution in [1.82, 2.24) is 25.3 Å². The van der Waals surface area contributed by atoms with E-state index in [1.54, 1.807) is 11.1 Å². The molecule has 0 bridgehead atoms. The van der Waals surface area contributed by atoms with Crippen molar-refractivity contribution in [3.8, 4) is 17.0 Å². The molecule has 1 aromatic carbocycles. The number of nitrogens with one attached hydrogen (secondary N) is 2. The van der Waals surface area contributed by atoms with E-state index in [9.17, 15) is 14.7 Å². The number of aryl methyl sites for hydroxylation is 1. The zero-order valence-electron chi connectivity index (χ0n) is 25.9. The SMILES string of the molecule is CC.CCn1nccc1-c1ccc(CNC(=O)C2CC(O)CN2C(=O)C(C)C(C)C)c(OCCC2CCNCC2)c1. The number of β-amino-alcohol motifs (C(OH)–C–C–N with tert-alkyl or cyclic N) is 1. The van der Waals surface area contributed by atoms with E-state index in [4.69, 9.17) is 4.74 Å². The van der Waals surface area contributed by atoms with Crippen LogP contribution in [0.15, 0.2) is 30.5 Å². The molecule has 41 heavy (non-hydrogen) atoms. The Morgan fingerprint density at radius 3 is 2.59 bits per heavy atom. The summed E-state index contributed by atoms with van der Waals surface area (Å²) in [5.41, 5.74) is 2.91. The number of ether oxygens (including phenoxy) is 1. The Morgan fingerprint density at radius 1 is 1.17 bits per heavy atom. The van der Waals surface area contributed by atoms with Gasteiger partial charge in [-0.05, 0) is 63.2 Å². The summed E-state index contributed by atoms with van der Waals surface area (Å²) >= 11 is 0. The number of benzene rings is 1. The van der Waals surface area contributed by atoms with Gasteiger partial charge in [0.25, 0.3) is 0 Å². The van der Waals surface area contributed by atoms with Gasteiger partial charge in [0, 0.05) is 49.3 Å². The smallest absolute Gasteiger partial charge is 0.243 e. The number of rotatable bonds is 11. The number of aromatic nitrogens is 2. The van der Waals surface area contributed by atoms with E-state index < -0.39 is 12.1 Å². The molecule has 2 aliphatic heterocycles. The second kappa shape index (κ2) is 15.9. The van der Waals surface area contributed by atoms with Crippen molar-refractivity contribution in [3.63, 3.8) is 0 Å². The highest BCUT2D eigenvalue weighted by atomic mass is 16.5. The summed E-state index contributed by atoms with van der Waals surface area (Å²) < 4.78 is 8.29. The highest BCUT2D eigenvalue weighted by Crippen LogP contribution is 2.29. The van der Waals surface area contributed by atoms with E-state index in [-0.39, 0.29) is 43.2 Å². The van der Waals surface area contributed by atoms with Crippen molar-refractivity contribution in [3.05, 3.63) is 36.0 Å². The zero-order valence-corrected chi connectivity index (χ0v) is 25.9. The summed E-state index contributed by atoms with van der Waals surface area (Å²) in [6.07, 6.45) is 4.69. The molecular formula is C32H51N5O4. The molecule has 9 nitrogen and oxygen atoms in total. The van der Waals surface area contributed by atoms with Crippen molar-refractivity contribution in [2.45, 2.75) is 92.5 Å². The first-order chi connectivity index (χ1) is 19.8. The largest absolute Gasteiger partial charge is 0.493 e. The maximum Gasteiger partial charge on any atom is 0.243 e. The number of amides is 2. The van der Waals surface area contributed by atoms with Crippen LogP contribution in [0.3, 0.4) is 0 Å². The molecule has 2 aromatic rings. The number of piperidine rings is 1. The minimum Gasteiger partial charge on any atom is -0.493 e. The number of nitrogens with zero attached hydrogens (tertiary/aromatic N) is 3. The van der Waals surface area contributed by atoms with Crippen molar-refractivity contribution >= 4 is 11.8 Å². The molecule has 0 spiro atoms. The van der Waals surface area contributed by atoms with Gasteiger partial charge in [-0.15, -0.1) is 0 Å². The van der Waals surface area contributed by atoms with Crippen LogP contribution in [0.1, 0.15) is 72.8 Å². The van der Waals surface area contributed by atoms with Gasteiger partial charge in [-0.25, -0.2) is 0 Å². The van der Waals surface area contributed by atoms with E-state index in [1.807, 2.05) is 63.6 Å². The van der Waals surface area contributed by atoms with Gasteiger partial charge >= 0.3 is 0 Å². The Hall–Kier alpha value is -2.91. The van der Waals surface area contributed by atoms with E-state index in [1.165, 1.54) is 12.8 Å². The third-order valence-electron chi connectivity index (χ3n) is 8.33. The summed E-state index contributed by atoms with van der Waals surface area (Å²) in [6, 6.07) is 7.39. The minimum absolute atomic E-state index is 0.0828. The highest BCUT2D eigenvalue weighted by Gasteiger charge is 2.40. The summed E-state index contributed by atoms with van der Waals surface area (Å²) in [5, 5.41) is 21.1. The van der Waals surface area contributed by atoms with Crippen molar-refractivity contribution in [2.75, 3.05) is 26.2 Å². The number of carbonyl (C=O) groups is 2. The van der Waals surface area contributed by atoms with E-state index in [2.05, 4.69) is 22.7 Å². The van der Waals surface area contributed by atoms with Crippen LogP contribution in [-0.2, 0) is 22.7 Å². The molecule has 2 aliphatic rings. The fraction of sp³-hybridized carbons (Fsp3) is 0.656. The predicted molar refractivity (Wildman–Crippen MR) is 162 cm³/mol. The molecule has 3 N–H and O–H groups in total. The Morgan fingerprint density at radius 2 is 1.90 bits per heavy atom. The monoisotopic (exact) mass is 569 g/mol. The Kier molecular flexibility index (Phi) is 12.7. The first kappa shape index (κ1) is 32.6. The van der Waals surface area contributed by atoms with Gasteiger partial charge in [0.15, 0.2) is 0 Å². The van der Waals surface area contributed by atoms with E-state index in [0.717, 1.165) is 48.6 Å². The first-order valence-corrected chi connectivity index (χ1v) is 15.5. The normalized spacial score (nSPS) is 20.0. The zero-order chi connectivity index (χ0) is 29.9. The molecule has 2 amide bonds. The van der Waals surface area contributed by atoms with Crippen LogP contribution < -0.4 is 15.4 Å². The third-order valence-corrected chi connectivity index (χ3v) is 8.33. The van der Waals surface area contributed by atoms with Gasteiger partial charge in [0.2, 0.25) is 11.8 Å². The topological polar surface area (TPSA) is 109 Å². The number of hydrogen-bond acceptors (Lipinski definition) is 6. The molecule has 4 rings (SSSR count). The van der Waals surface area contributed by atoms with Crippen LogP contribution in [0.5, 0.6) is 5.75 Å². The van der Waals surface area contributed by atoms with Crippen molar-refractivity contribution in [1.29, 1.82) is 0 Å². The average molecular weight is 570 g/mol. The van der Waals surface area contributed by atoms with E-state index >= 15 is 0 Å². The Bertz CT molecular complexity index is 1110. The van der Waals surface area contributed by atoms with E-state index in [0.29, 0.717) is 12.5 Å². The molecule has 2 saturated heterocycles. The van der Waals surface area contributed by atoms with Gasteiger partial charge in [-0.1, -0.05) is 46.8 Å². The lowest BCUT2D eigenvalue weighted by molar-refractivity contribution is -0.142. The Labute approximate surface area is 246 Å². The van der Waals surface area contributed by atoms with Crippen LogP contribution in [0, 0.1) is 17.8 Å². The molecule has 9 heteroatoms. The first-order valence-electron chi connectivity index (χ1n) is 15.5. The Balaban J connectivity index is 0.00000226. The van der Waals surface area contributed by atoms with Crippen LogP contribution in [0.2, 0.25) is 0 Å². The van der Waals surface area contributed by atoms with Gasteiger partial charge in [-0.2, -0.15) is 5.10 Å². The average Bonchev–Trinajstić information content (AvgIpc) is 3.63. The summed E-state index contributed by atoms with van der Waals surface area (Å²) in [4.78, 5) is 27.8. The molecule has 228 valence electrons. The fourth-order valence-electron chi connectivity index (χ4n) is 5.48. The second-order valence-electron chi connectivity index (χ2n) is 11.3. The lowest BCUT2D eigenvalue weighted by Gasteiger charge is -2.28. The van der Waals surface area contributed by atoms with Gasteiger partial charge in [0.05, 0.1) is 18.4 Å². The molecule has 0 saturated carbocycles. The van der Waals surface area contributed by atoms with Gasteiger partial charge in [0.1, 0.15) is 11.8 Å².